The predicted octanol–water partition coefficient (Wildman–Crippen LogP) is -0.858. The third kappa shape index (κ3) is 2.48. The molecule has 5 heteroatoms. The summed E-state index contributed by atoms with van der Waals surface area (Å²) in [6, 6.07) is -0.680. The molecule has 15 heavy (non-hydrogen) atoms. The maximum absolute atomic E-state index is 11.8. The van der Waals surface area contributed by atoms with Crippen LogP contribution in [0.25, 0.3) is 0 Å². The lowest BCUT2D eigenvalue weighted by molar-refractivity contribution is -0.148. The van der Waals surface area contributed by atoms with Crippen molar-refractivity contribution in [3.63, 3.8) is 0 Å². The van der Waals surface area contributed by atoms with Gasteiger partial charge in [0.05, 0.1) is 12.1 Å². The standard InChI is InChI=1S/C10H20N2O3/c1-6(2)8(10(14)15)12-5-4-7(11-3)9(12)13/h6-8,10-11,14-15H,4-5H2,1-3H3. The Hall–Kier alpha value is -0.650. The highest BCUT2D eigenvalue weighted by Gasteiger charge is 2.38. The first-order chi connectivity index (χ1) is 6.99. The Labute approximate surface area is 90.1 Å². The molecule has 1 amide bonds. The number of rotatable bonds is 4. The van der Waals surface area contributed by atoms with Gasteiger partial charge in [-0.3, -0.25) is 4.79 Å². The topological polar surface area (TPSA) is 72.8 Å². The lowest BCUT2D eigenvalue weighted by atomic mass is 10.0. The highest BCUT2D eigenvalue weighted by Crippen LogP contribution is 2.21. The minimum Gasteiger partial charge on any atom is -0.366 e. The molecule has 1 saturated heterocycles. The van der Waals surface area contributed by atoms with Gasteiger partial charge in [0.1, 0.15) is 0 Å². The van der Waals surface area contributed by atoms with Gasteiger partial charge in [-0.1, -0.05) is 13.8 Å². The summed E-state index contributed by atoms with van der Waals surface area (Å²) in [7, 11) is 1.74. The number of likely N-dealkylation sites (N-methyl/N-ethyl adjacent to an activating group) is 1. The summed E-state index contributed by atoms with van der Waals surface area (Å²) < 4.78 is 0. The van der Waals surface area contributed by atoms with E-state index >= 15 is 0 Å². The second-order valence-electron chi connectivity index (χ2n) is 4.31. The summed E-state index contributed by atoms with van der Waals surface area (Å²) in [5, 5.41) is 21.4. The zero-order valence-electron chi connectivity index (χ0n) is 9.47. The summed E-state index contributed by atoms with van der Waals surface area (Å²) in [5.41, 5.74) is 0. The number of hydrogen-bond donors (Lipinski definition) is 3. The number of amides is 1. The van der Waals surface area contributed by atoms with Gasteiger partial charge in [0, 0.05) is 6.54 Å². The van der Waals surface area contributed by atoms with Crippen molar-refractivity contribution in [3.8, 4) is 0 Å². The molecule has 0 saturated carbocycles. The van der Waals surface area contributed by atoms with Crippen molar-refractivity contribution >= 4 is 5.91 Å². The van der Waals surface area contributed by atoms with E-state index in [0.29, 0.717) is 6.54 Å². The molecule has 0 spiro atoms. The summed E-state index contributed by atoms with van der Waals surface area (Å²) in [6.45, 7) is 4.35. The van der Waals surface area contributed by atoms with E-state index in [1.54, 1.807) is 11.9 Å². The minimum absolute atomic E-state index is 0.0320. The zero-order valence-corrected chi connectivity index (χ0v) is 9.47. The van der Waals surface area contributed by atoms with Crippen LogP contribution in [0.3, 0.4) is 0 Å². The average molecular weight is 216 g/mol. The van der Waals surface area contributed by atoms with E-state index < -0.39 is 12.3 Å². The van der Waals surface area contributed by atoms with Gasteiger partial charge in [-0.05, 0) is 19.4 Å². The van der Waals surface area contributed by atoms with E-state index in [-0.39, 0.29) is 17.9 Å². The minimum atomic E-state index is -1.47. The highest BCUT2D eigenvalue weighted by molar-refractivity contribution is 5.84. The number of aliphatic hydroxyl groups is 2. The Morgan fingerprint density at radius 2 is 2.07 bits per heavy atom. The van der Waals surface area contributed by atoms with Crippen LogP contribution in [0.15, 0.2) is 0 Å². The lowest BCUT2D eigenvalue weighted by Crippen LogP contribution is -2.50. The van der Waals surface area contributed by atoms with Gasteiger partial charge in [-0.2, -0.15) is 0 Å². The van der Waals surface area contributed by atoms with Crippen LogP contribution in [0.2, 0.25) is 0 Å². The van der Waals surface area contributed by atoms with E-state index in [1.807, 2.05) is 13.8 Å². The van der Waals surface area contributed by atoms with Crippen LogP contribution in [0.4, 0.5) is 0 Å². The Balaban J connectivity index is 2.74. The molecule has 1 heterocycles. The van der Waals surface area contributed by atoms with Gasteiger partial charge in [-0.25, -0.2) is 0 Å². The van der Waals surface area contributed by atoms with Gasteiger partial charge in [-0.15, -0.1) is 0 Å². The van der Waals surface area contributed by atoms with E-state index in [9.17, 15) is 15.0 Å². The lowest BCUT2D eigenvalue weighted by Gasteiger charge is -2.32. The average Bonchev–Trinajstić information content (AvgIpc) is 2.47. The van der Waals surface area contributed by atoms with Gasteiger partial charge in [0.15, 0.2) is 6.29 Å². The second-order valence-corrected chi connectivity index (χ2v) is 4.31. The largest absolute Gasteiger partial charge is 0.366 e. The fourth-order valence-corrected chi connectivity index (χ4v) is 2.13. The van der Waals surface area contributed by atoms with Crippen molar-refractivity contribution in [2.75, 3.05) is 13.6 Å². The first kappa shape index (κ1) is 12.4. The number of carbonyl (C=O) groups is 1. The summed E-state index contributed by atoms with van der Waals surface area (Å²) in [4.78, 5) is 13.4. The zero-order chi connectivity index (χ0) is 11.6. The number of likely N-dealkylation sites (tertiary alicyclic amines) is 1. The molecule has 0 aromatic heterocycles. The molecule has 5 nitrogen and oxygen atoms in total. The van der Waals surface area contributed by atoms with Crippen LogP contribution in [-0.4, -0.2) is 53.0 Å². The summed E-state index contributed by atoms with van der Waals surface area (Å²) in [5.74, 6) is -0.00569. The van der Waals surface area contributed by atoms with Gasteiger partial charge < -0.3 is 20.4 Å². The number of aliphatic hydroxyl groups excluding tert-OH is 1. The van der Waals surface area contributed by atoms with Crippen molar-refractivity contribution in [2.24, 2.45) is 5.92 Å². The van der Waals surface area contributed by atoms with Crippen LogP contribution in [-0.2, 0) is 4.79 Å². The Kier molecular flexibility index (Phi) is 4.07. The molecule has 1 aliphatic heterocycles. The molecule has 0 bridgehead atoms. The van der Waals surface area contributed by atoms with Crippen molar-refractivity contribution in [3.05, 3.63) is 0 Å². The van der Waals surface area contributed by atoms with Gasteiger partial charge in [0.25, 0.3) is 0 Å². The first-order valence-electron chi connectivity index (χ1n) is 5.33. The van der Waals surface area contributed by atoms with Crippen LogP contribution in [0.1, 0.15) is 20.3 Å². The predicted molar refractivity (Wildman–Crippen MR) is 56.0 cm³/mol. The van der Waals surface area contributed by atoms with E-state index in [1.165, 1.54) is 0 Å². The molecule has 0 aromatic carbocycles. The van der Waals surface area contributed by atoms with Gasteiger partial charge in [0.2, 0.25) is 5.91 Å². The molecule has 1 aliphatic rings. The van der Waals surface area contributed by atoms with Crippen molar-refractivity contribution in [1.29, 1.82) is 0 Å². The Morgan fingerprint density at radius 1 is 1.47 bits per heavy atom. The quantitative estimate of drug-likeness (QED) is 0.535. The number of nitrogens with one attached hydrogen (secondary N) is 1. The molecular formula is C10H20N2O3. The molecule has 0 aromatic rings. The van der Waals surface area contributed by atoms with Gasteiger partial charge >= 0.3 is 0 Å². The molecule has 88 valence electrons. The van der Waals surface area contributed by atoms with Crippen LogP contribution in [0, 0.1) is 5.92 Å². The van der Waals surface area contributed by atoms with Crippen LogP contribution in [0.5, 0.6) is 0 Å². The third-order valence-electron chi connectivity index (χ3n) is 2.94. The Bertz CT molecular complexity index is 223. The fraction of sp³-hybridized carbons (Fsp3) is 0.900. The number of hydrogen-bond acceptors (Lipinski definition) is 4. The molecule has 1 fully saturated rings. The van der Waals surface area contributed by atoms with Crippen LogP contribution >= 0.6 is 0 Å². The maximum Gasteiger partial charge on any atom is 0.240 e. The molecule has 2 unspecified atom stereocenters. The van der Waals surface area contributed by atoms with Crippen molar-refractivity contribution in [1.82, 2.24) is 10.2 Å². The first-order valence-corrected chi connectivity index (χ1v) is 5.33. The fourth-order valence-electron chi connectivity index (χ4n) is 2.13. The summed E-state index contributed by atoms with van der Waals surface area (Å²) in [6.07, 6.45) is -0.741. The monoisotopic (exact) mass is 216 g/mol. The number of nitrogens with zero attached hydrogens (tertiary/aromatic N) is 1. The normalized spacial score (nSPS) is 24.3. The van der Waals surface area contributed by atoms with E-state index in [4.69, 9.17) is 0 Å². The van der Waals surface area contributed by atoms with Crippen molar-refractivity contribution < 1.29 is 15.0 Å². The van der Waals surface area contributed by atoms with E-state index in [2.05, 4.69) is 5.32 Å². The van der Waals surface area contributed by atoms with Crippen molar-refractivity contribution in [2.45, 2.75) is 38.6 Å². The third-order valence-corrected chi connectivity index (χ3v) is 2.94. The molecule has 1 rings (SSSR count). The SMILES string of the molecule is CNC1CCN(C(C(C)C)C(O)O)C1=O. The van der Waals surface area contributed by atoms with E-state index in [0.717, 1.165) is 6.42 Å². The smallest absolute Gasteiger partial charge is 0.240 e. The molecule has 3 N–H and O–H groups in total. The number of carbonyl (C=O) groups excluding carboxylic acids is 1. The summed E-state index contributed by atoms with van der Waals surface area (Å²) >= 11 is 0. The molecular weight excluding hydrogens is 196 g/mol. The second kappa shape index (κ2) is 4.92. The molecule has 0 radical (unpaired) electrons. The van der Waals surface area contributed by atoms with Crippen LogP contribution < -0.4 is 5.32 Å². The highest BCUT2D eigenvalue weighted by atomic mass is 16.5. The molecule has 2 atom stereocenters. The molecule has 0 aliphatic carbocycles. The Morgan fingerprint density at radius 3 is 2.40 bits per heavy atom. The maximum atomic E-state index is 11.8.